The topological polar surface area (TPSA) is 32.7 Å². The Bertz CT molecular complexity index is 425. The van der Waals surface area contributed by atoms with E-state index < -0.39 is 0 Å². The first-order valence-electron chi connectivity index (χ1n) is 8.13. The molecule has 0 saturated heterocycles. The minimum absolute atomic E-state index is 0.0843. The standard InChI is InChI=1S/C18H29NO2/c1-14(2)12-19(16-7-9-17(20)10-8-16)13-15-5-4-6-18(11-15)21-3/h4-6,11,14,16-17,20H,7-10,12-13H2,1-3H3. The quantitative estimate of drug-likeness (QED) is 0.871. The van der Waals surface area contributed by atoms with E-state index >= 15 is 0 Å². The van der Waals surface area contributed by atoms with Gasteiger partial charge in [0, 0.05) is 19.1 Å². The van der Waals surface area contributed by atoms with Crippen LogP contribution < -0.4 is 4.74 Å². The molecule has 1 saturated carbocycles. The Kier molecular flexibility index (Phi) is 6.07. The third-order valence-electron chi connectivity index (χ3n) is 4.30. The van der Waals surface area contributed by atoms with E-state index in [2.05, 4.69) is 36.9 Å². The summed E-state index contributed by atoms with van der Waals surface area (Å²) < 4.78 is 5.33. The van der Waals surface area contributed by atoms with E-state index in [4.69, 9.17) is 4.74 Å². The van der Waals surface area contributed by atoms with Crippen LogP contribution in [0, 0.1) is 5.92 Å². The molecule has 2 rings (SSSR count). The molecule has 21 heavy (non-hydrogen) atoms. The molecule has 0 spiro atoms. The zero-order chi connectivity index (χ0) is 15.2. The highest BCUT2D eigenvalue weighted by molar-refractivity contribution is 5.28. The van der Waals surface area contributed by atoms with Crippen LogP contribution in [0.1, 0.15) is 45.1 Å². The lowest BCUT2D eigenvalue weighted by atomic mass is 9.91. The van der Waals surface area contributed by atoms with Crippen molar-refractivity contribution in [3.8, 4) is 5.75 Å². The summed E-state index contributed by atoms with van der Waals surface area (Å²) in [6, 6.07) is 8.96. The van der Waals surface area contributed by atoms with Crippen molar-refractivity contribution in [2.45, 2.75) is 58.2 Å². The summed E-state index contributed by atoms with van der Waals surface area (Å²) >= 11 is 0. The molecular formula is C18H29NO2. The lowest BCUT2D eigenvalue weighted by molar-refractivity contribution is 0.0646. The average molecular weight is 291 g/mol. The van der Waals surface area contributed by atoms with Crippen LogP contribution in [0.3, 0.4) is 0 Å². The Morgan fingerprint density at radius 3 is 2.57 bits per heavy atom. The van der Waals surface area contributed by atoms with E-state index in [0.29, 0.717) is 12.0 Å². The van der Waals surface area contributed by atoms with Gasteiger partial charge in [-0.2, -0.15) is 0 Å². The zero-order valence-corrected chi connectivity index (χ0v) is 13.6. The van der Waals surface area contributed by atoms with Gasteiger partial charge in [0.15, 0.2) is 0 Å². The second-order valence-electron chi connectivity index (χ2n) is 6.64. The second-order valence-corrected chi connectivity index (χ2v) is 6.64. The molecule has 0 unspecified atom stereocenters. The van der Waals surface area contributed by atoms with Crippen molar-refractivity contribution < 1.29 is 9.84 Å². The fraction of sp³-hybridized carbons (Fsp3) is 0.667. The molecule has 1 aromatic carbocycles. The van der Waals surface area contributed by atoms with E-state index in [0.717, 1.165) is 44.5 Å². The Labute approximate surface area is 128 Å². The highest BCUT2D eigenvalue weighted by Crippen LogP contribution is 2.26. The molecule has 3 heteroatoms. The number of nitrogens with zero attached hydrogens (tertiary/aromatic N) is 1. The van der Waals surface area contributed by atoms with Crippen molar-refractivity contribution in [3.63, 3.8) is 0 Å². The van der Waals surface area contributed by atoms with Crippen LogP contribution in [0.2, 0.25) is 0 Å². The van der Waals surface area contributed by atoms with Crippen LogP contribution >= 0.6 is 0 Å². The highest BCUT2D eigenvalue weighted by Gasteiger charge is 2.25. The maximum absolute atomic E-state index is 9.71. The lowest BCUT2D eigenvalue weighted by Gasteiger charge is -2.37. The van der Waals surface area contributed by atoms with Gasteiger partial charge < -0.3 is 9.84 Å². The van der Waals surface area contributed by atoms with Crippen molar-refractivity contribution in [3.05, 3.63) is 29.8 Å². The third kappa shape index (κ3) is 5.01. The Balaban J connectivity index is 2.04. The predicted octanol–water partition coefficient (Wildman–Crippen LogP) is 3.46. The number of methoxy groups -OCH3 is 1. The van der Waals surface area contributed by atoms with Gasteiger partial charge in [-0.1, -0.05) is 26.0 Å². The minimum Gasteiger partial charge on any atom is -0.497 e. The molecule has 0 bridgehead atoms. The Hall–Kier alpha value is -1.06. The van der Waals surface area contributed by atoms with E-state index in [1.807, 2.05) is 6.07 Å². The van der Waals surface area contributed by atoms with Gasteiger partial charge in [0.25, 0.3) is 0 Å². The van der Waals surface area contributed by atoms with Gasteiger partial charge in [0.05, 0.1) is 13.2 Å². The summed E-state index contributed by atoms with van der Waals surface area (Å²) in [6.45, 7) is 6.63. The zero-order valence-electron chi connectivity index (χ0n) is 13.6. The predicted molar refractivity (Wildman–Crippen MR) is 86.5 cm³/mol. The van der Waals surface area contributed by atoms with Gasteiger partial charge in [-0.15, -0.1) is 0 Å². The number of aliphatic hydroxyl groups is 1. The molecule has 0 heterocycles. The van der Waals surface area contributed by atoms with E-state index in [1.54, 1.807) is 7.11 Å². The third-order valence-corrected chi connectivity index (χ3v) is 4.30. The van der Waals surface area contributed by atoms with Crippen molar-refractivity contribution in [2.24, 2.45) is 5.92 Å². The Morgan fingerprint density at radius 1 is 1.24 bits per heavy atom. The van der Waals surface area contributed by atoms with E-state index in [9.17, 15) is 5.11 Å². The van der Waals surface area contributed by atoms with Crippen LogP contribution in [0.15, 0.2) is 24.3 Å². The molecule has 118 valence electrons. The van der Waals surface area contributed by atoms with Gasteiger partial charge in [-0.25, -0.2) is 0 Å². The number of hydrogen-bond acceptors (Lipinski definition) is 3. The number of hydrogen-bond donors (Lipinski definition) is 1. The lowest BCUT2D eigenvalue weighted by Crippen LogP contribution is -2.40. The minimum atomic E-state index is -0.0843. The van der Waals surface area contributed by atoms with Crippen molar-refractivity contribution in [1.29, 1.82) is 0 Å². The molecule has 1 aromatic rings. The fourth-order valence-electron chi connectivity index (χ4n) is 3.24. The Morgan fingerprint density at radius 2 is 1.95 bits per heavy atom. The van der Waals surface area contributed by atoms with E-state index in [-0.39, 0.29) is 6.10 Å². The first-order valence-corrected chi connectivity index (χ1v) is 8.13. The number of ether oxygens (including phenoxy) is 1. The van der Waals surface area contributed by atoms with Crippen LogP contribution in [-0.2, 0) is 6.54 Å². The van der Waals surface area contributed by atoms with E-state index in [1.165, 1.54) is 5.56 Å². The summed E-state index contributed by atoms with van der Waals surface area (Å²) in [5.74, 6) is 1.58. The fourth-order valence-corrected chi connectivity index (χ4v) is 3.24. The molecule has 1 fully saturated rings. The summed E-state index contributed by atoms with van der Waals surface area (Å²) in [5, 5.41) is 9.71. The van der Waals surface area contributed by atoms with Crippen molar-refractivity contribution >= 4 is 0 Å². The highest BCUT2D eigenvalue weighted by atomic mass is 16.5. The van der Waals surface area contributed by atoms with Gasteiger partial charge in [0.2, 0.25) is 0 Å². The van der Waals surface area contributed by atoms with Crippen LogP contribution in [0.4, 0.5) is 0 Å². The molecule has 0 radical (unpaired) electrons. The molecule has 0 amide bonds. The summed E-state index contributed by atoms with van der Waals surface area (Å²) in [7, 11) is 1.72. The monoisotopic (exact) mass is 291 g/mol. The van der Waals surface area contributed by atoms with Crippen LogP contribution in [0.5, 0.6) is 5.75 Å². The summed E-state index contributed by atoms with van der Waals surface area (Å²) in [6.07, 6.45) is 4.02. The second kappa shape index (κ2) is 7.81. The number of rotatable bonds is 6. The van der Waals surface area contributed by atoms with Crippen molar-refractivity contribution in [2.75, 3.05) is 13.7 Å². The average Bonchev–Trinajstić information content (AvgIpc) is 2.47. The van der Waals surface area contributed by atoms with Gasteiger partial charge in [-0.05, 0) is 49.3 Å². The van der Waals surface area contributed by atoms with Gasteiger partial charge in [0.1, 0.15) is 5.75 Å². The van der Waals surface area contributed by atoms with Crippen molar-refractivity contribution in [1.82, 2.24) is 4.90 Å². The molecule has 0 aliphatic heterocycles. The SMILES string of the molecule is COc1cccc(CN(CC(C)C)C2CCC(O)CC2)c1. The maximum atomic E-state index is 9.71. The van der Waals surface area contributed by atoms with Gasteiger partial charge >= 0.3 is 0 Å². The first kappa shape index (κ1) is 16.3. The normalized spacial score (nSPS) is 22.8. The smallest absolute Gasteiger partial charge is 0.119 e. The molecule has 3 nitrogen and oxygen atoms in total. The number of benzene rings is 1. The number of aliphatic hydroxyl groups excluding tert-OH is 1. The maximum Gasteiger partial charge on any atom is 0.119 e. The molecular weight excluding hydrogens is 262 g/mol. The van der Waals surface area contributed by atoms with Gasteiger partial charge in [-0.3, -0.25) is 4.90 Å². The molecule has 1 aliphatic rings. The first-order chi connectivity index (χ1) is 10.1. The summed E-state index contributed by atoms with van der Waals surface area (Å²) in [4.78, 5) is 2.59. The largest absolute Gasteiger partial charge is 0.497 e. The molecule has 0 atom stereocenters. The summed E-state index contributed by atoms with van der Waals surface area (Å²) in [5.41, 5.74) is 1.31. The van der Waals surface area contributed by atoms with Crippen LogP contribution in [0.25, 0.3) is 0 Å². The molecule has 1 N–H and O–H groups in total. The van der Waals surface area contributed by atoms with Crippen LogP contribution in [-0.4, -0.2) is 35.8 Å². The molecule has 0 aromatic heterocycles. The molecule has 1 aliphatic carbocycles.